The number of hydrogen-bond donors (Lipinski definition) is 1. The molecule has 0 unspecified atom stereocenters. The van der Waals surface area contributed by atoms with Gasteiger partial charge in [-0.25, -0.2) is 4.98 Å². The number of benzene rings is 1. The highest BCUT2D eigenvalue weighted by molar-refractivity contribution is 7.15. The first-order valence-electron chi connectivity index (χ1n) is 7.20. The molecular weight excluding hydrogens is 312 g/mol. The minimum absolute atomic E-state index is 0.693. The van der Waals surface area contributed by atoms with Crippen LogP contribution < -0.4 is 14.8 Å². The molecule has 0 saturated carbocycles. The van der Waals surface area contributed by atoms with E-state index in [1.807, 2.05) is 36.5 Å². The summed E-state index contributed by atoms with van der Waals surface area (Å²) in [6.07, 6.45) is 3.56. The monoisotopic (exact) mass is 330 g/mol. The van der Waals surface area contributed by atoms with E-state index < -0.39 is 0 Å². The van der Waals surface area contributed by atoms with E-state index in [1.165, 1.54) is 0 Å². The summed E-state index contributed by atoms with van der Waals surface area (Å²) in [6.45, 7) is 1.40. The van der Waals surface area contributed by atoms with Gasteiger partial charge in [0.15, 0.2) is 11.5 Å². The molecule has 1 N–H and O–H groups in total. The molecule has 0 saturated heterocycles. The number of thiazole rings is 1. The summed E-state index contributed by atoms with van der Waals surface area (Å²) >= 11 is 1.66. The Hall–Kier alpha value is -2.31. The van der Waals surface area contributed by atoms with Crippen LogP contribution in [-0.2, 0) is 13.1 Å². The van der Waals surface area contributed by atoms with Gasteiger partial charge < -0.3 is 19.2 Å². The van der Waals surface area contributed by atoms with Crippen molar-refractivity contribution in [3.8, 4) is 21.9 Å². The van der Waals surface area contributed by atoms with Gasteiger partial charge in [-0.15, -0.1) is 11.3 Å². The lowest BCUT2D eigenvalue weighted by Crippen LogP contribution is -2.11. The normalized spacial score (nSPS) is 10.7. The van der Waals surface area contributed by atoms with Crippen LogP contribution in [0.4, 0.5) is 0 Å². The Morgan fingerprint density at radius 2 is 2.00 bits per heavy atom. The van der Waals surface area contributed by atoms with Crippen LogP contribution in [0.3, 0.4) is 0 Å². The molecule has 0 spiro atoms. The van der Waals surface area contributed by atoms with E-state index in [0.717, 1.165) is 32.7 Å². The van der Waals surface area contributed by atoms with Gasteiger partial charge >= 0.3 is 0 Å². The zero-order chi connectivity index (χ0) is 16.1. The topological polar surface area (TPSA) is 56.5 Å². The van der Waals surface area contributed by atoms with Crippen molar-refractivity contribution >= 4 is 11.3 Å². The molecule has 1 aromatic carbocycles. The number of nitrogens with one attached hydrogen (secondary N) is 1. The highest BCUT2D eigenvalue weighted by Crippen LogP contribution is 2.34. The second-order valence-electron chi connectivity index (χ2n) is 4.87. The summed E-state index contributed by atoms with van der Waals surface area (Å²) in [5, 5.41) is 4.35. The molecule has 5 nitrogen and oxygen atoms in total. The fraction of sp³-hybridized carbons (Fsp3) is 0.235. The smallest absolute Gasteiger partial charge is 0.161 e. The third kappa shape index (κ3) is 3.72. The Labute approximate surface area is 138 Å². The lowest BCUT2D eigenvalue weighted by atomic mass is 10.2. The van der Waals surface area contributed by atoms with Crippen molar-refractivity contribution in [1.82, 2.24) is 10.3 Å². The van der Waals surface area contributed by atoms with E-state index in [1.54, 1.807) is 31.8 Å². The summed E-state index contributed by atoms with van der Waals surface area (Å²) in [5.74, 6) is 2.36. The molecule has 0 aliphatic rings. The predicted octanol–water partition coefficient (Wildman–Crippen LogP) is 3.71. The van der Waals surface area contributed by atoms with Crippen molar-refractivity contribution in [1.29, 1.82) is 0 Å². The minimum Gasteiger partial charge on any atom is -0.493 e. The van der Waals surface area contributed by atoms with Gasteiger partial charge in [0.2, 0.25) is 0 Å². The molecule has 3 aromatic rings. The van der Waals surface area contributed by atoms with E-state index in [9.17, 15) is 0 Å². The number of hydrogen-bond acceptors (Lipinski definition) is 6. The summed E-state index contributed by atoms with van der Waals surface area (Å²) in [7, 11) is 3.27. The first-order valence-corrected chi connectivity index (χ1v) is 8.02. The average Bonchev–Trinajstić information content (AvgIpc) is 3.26. The summed E-state index contributed by atoms with van der Waals surface area (Å²) < 4.78 is 15.9. The number of methoxy groups -OCH3 is 2. The molecule has 2 heterocycles. The molecule has 0 aliphatic heterocycles. The van der Waals surface area contributed by atoms with Crippen LogP contribution in [0, 0.1) is 0 Å². The highest BCUT2D eigenvalue weighted by atomic mass is 32.1. The van der Waals surface area contributed by atoms with Crippen LogP contribution in [0.1, 0.15) is 10.8 Å². The first-order chi connectivity index (χ1) is 11.3. The fourth-order valence-corrected chi connectivity index (χ4v) is 3.10. The van der Waals surface area contributed by atoms with Crippen LogP contribution in [-0.4, -0.2) is 19.2 Å². The standard InChI is InChI=1S/C17H18N2O3S/c1-20-14-6-5-12(8-15(14)21-2)16-10-19-17(23-16)11-18-9-13-4-3-7-22-13/h3-8,10,18H,9,11H2,1-2H3. The van der Waals surface area contributed by atoms with E-state index in [2.05, 4.69) is 10.3 Å². The van der Waals surface area contributed by atoms with Gasteiger partial charge in [0.05, 0.1) is 31.9 Å². The molecule has 0 amide bonds. The molecule has 120 valence electrons. The molecule has 2 aromatic heterocycles. The van der Waals surface area contributed by atoms with Crippen LogP contribution in [0.5, 0.6) is 11.5 Å². The van der Waals surface area contributed by atoms with E-state index >= 15 is 0 Å². The molecule has 0 radical (unpaired) electrons. The van der Waals surface area contributed by atoms with Gasteiger partial charge in [-0.2, -0.15) is 0 Å². The van der Waals surface area contributed by atoms with Crippen molar-refractivity contribution in [2.24, 2.45) is 0 Å². The number of ether oxygens (including phenoxy) is 2. The number of aromatic nitrogens is 1. The average molecular weight is 330 g/mol. The Bertz CT molecular complexity index is 753. The lowest BCUT2D eigenvalue weighted by Gasteiger charge is -2.08. The SMILES string of the molecule is COc1ccc(-c2cnc(CNCc3ccco3)s2)cc1OC. The zero-order valence-corrected chi connectivity index (χ0v) is 13.9. The van der Waals surface area contributed by atoms with Crippen molar-refractivity contribution in [2.75, 3.05) is 14.2 Å². The lowest BCUT2D eigenvalue weighted by molar-refractivity contribution is 0.355. The van der Waals surface area contributed by atoms with E-state index in [-0.39, 0.29) is 0 Å². The van der Waals surface area contributed by atoms with Crippen LogP contribution in [0.25, 0.3) is 10.4 Å². The highest BCUT2D eigenvalue weighted by Gasteiger charge is 2.09. The molecule has 23 heavy (non-hydrogen) atoms. The zero-order valence-electron chi connectivity index (χ0n) is 13.0. The Morgan fingerprint density at radius 1 is 1.13 bits per heavy atom. The van der Waals surface area contributed by atoms with Gasteiger partial charge in [0, 0.05) is 12.7 Å². The third-order valence-corrected chi connectivity index (χ3v) is 4.42. The maximum Gasteiger partial charge on any atom is 0.161 e. The molecular formula is C17H18N2O3S. The molecule has 0 fully saturated rings. The van der Waals surface area contributed by atoms with Crippen LogP contribution in [0.15, 0.2) is 47.2 Å². The summed E-state index contributed by atoms with van der Waals surface area (Å²) in [6, 6.07) is 9.71. The quantitative estimate of drug-likeness (QED) is 0.716. The summed E-state index contributed by atoms with van der Waals surface area (Å²) in [4.78, 5) is 5.56. The molecule has 0 bridgehead atoms. The van der Waals surface area contributed by atoms with Crippen LogP contribution >= 0.6 is 11.3 Å². The fourth-order valence-electron chi connectivity index (χ4n) is 2.22. The minimum atomic E-state index is 0.693. The van der Waals surface area contributed by atoms with E-state index in [4.69, 9.17) is 13.9 Å². The largest absolute Gasteiger partial charge is 0.493 e. The number of rotatable bonds is 7. The number of furan rings is 1. The van der Waals surface area contributed by atoms with Crippen LogP contribution in [0.2, 0.25) is 0 Å². The van der Waals surface area contributed by atoms with Crippen molar-refractivity contribution < 1.29 is 13.9 Å². The Morgan fingerprint density at radius 3 is 2.74 bits per heavy atom. The Balaban J connectivity index is 1.66. The van der Waals surface area contributed by atoms with Crippen molar-refractivity contribution in [2.45, 2.75) is 13.1 Å². The molecule has 0 atom stereocenters. The van der Waals surface area contributed by atoms with Gasteiger partial charge in [0.1, 0.15) is 10.8 Å². The number of nitrogens with zero attached hydrogens (tertiary/aromatic N) is 1. The van der Waals surface area contributed by atoms with E-state index in [0.29, 0.717) is 13.1 Å². The first kappa shape index (κ1) is 15.6. The molecule has 0 aliphatic carbocycles. The van der Waals surface area contributed by atoms with Gasteiger partial charge in [-0.1, -0.05) is 0 Å². The maximum atomic E-state index is 5.35. The Kier molecular flexibility index (Phi) is 4.95. The van der Waals surface area contributed by atoms with Gasteiger partial charge in [-0.3, -0.25) is 0 Å². The molecule has 3 rings (SSSR count). The predicted molar refractivity (Wildman–Crippen MR) is 89.9 cm³/mol. The second kappa shape index (κ2) is 7.30. The summed E-state index contributed by atoms with van der Waals surface area (Å²) in [5.41, 5.74) is 1.07. The maximum absolute atomic E-state index is 5.35. The molecule has 6 heteroatoms. The van der Waals surface area contributed by atoms with Gasteiger partial charge in [-0.05, 0) is 35.9 Å². The van der Waals surface area contributed by atoms with Crippen molar-refractivity contribution in [3.63, 3.8) is 0 Å². The third-order valence-electron chi connectivity index (χ3n) is 3.38. The van der Waals surface area contributed by atoms with Gasteiger partial charge in [0.25, 0.3) is 0 Å². The second-order valence-corrected chi connectivity index (χ2v) is 5.99. The van der Waals surface area contributed by atoms with Crippen molar-refractivity contribution in [3.05, 3.63) is 53.6 Å².